The van der Waals surface area contributed by atoms with Crippen molar-refractivity contribution in [1.82, 2.24) is 35.1 Å². The second kappa shape index (κ2) is 18.8. The Kier molecular flexibility index (Phi) is 13.9. The van der Waals surface area contributed by atoms with Crippen molar-refractivity contribution in [2.75, 3.05) is 20.8 Å². The Morgan fingerprint density at radius 2 is 1.64 bits per heavy atom. The number of nitrogens with zero attached hydrogens (tertiary/aromatic N) is 4. The van der Waals surface area contributed by atoms with Gasteiger partial charge in [0.15, 0.2) is 0 Å². The van der Waals surface area contributed by atoms with Crippen molar-refractivity contribution in [3.05, 3.63) is 65.9 Å². The first kappa shape index (κ1) is 42.8. The number of imidazole rings is 2. The summed E-state index contributed by atoms with van der Waals surface area (Å²) < 4.78 is 17.0. The van der Waals surface area contributed by atoms with Crippen LogP contribution >= 0.6 is 0 Å². The number of nitrogens with one attached hydrogen (secondary N) is 3. The number of aliphatic hydroxyl groups is 1. The summed E-state index contributed by atoms with van der Waals surface area (Å²) >= 11 is 0. The van der Waals surface area contributed by atoms with Crippen LogP contribution in [0.5, 0.6) is 5.75 Å². The molecule has 13 nitrogen and oxygen atoms in total. The third-order valence-electron chi connectivity index (χ3n) is 11.7. The molecule has 1 aliphatic rings. The normalized spacial score (nSPS) is 15.1. The molecule has 5 atom stereocenters. The highest BCUT2D eigenvalue weighted by molar-refractivity contribution is 6.07. The molecule has 1 unspecified atom stereocenters. The minimum absolute atomic E-state index is 0.162. The number of amides is 2. The van der Waals surface area contributed by atoms with Gasteiger partial charge in [-0.15, -0.1) is 0 Å². The average molecular weight is 796 g/mol. The standard InChI is InChI=1S/C45H61N7O6/c1-10-15-40(53)51(31(11-2)12-3)26(6)42-46-23-38(48-42)29-16-18-33-30(20-29)24-58-39-22-34-28(21-35(33)39)17-19-37-41(34)50-43(47-37)27(7)52(32(13-4)25-56-8)44(54)36(14-5)49-45(55)57-9/h16-23,26-27,31-32,36,45,49,55H,10-15,24-25H2,1-9H3,(H,46,48)(H,47,50)/t26-,27-,32+,36-,45?/m0/s1. The van der Waals surface area contributed by atoms with E-state index in [0.29, 0.717) is 38.3 Å². The molecule has 2 amide bonds. The number of hydrogen-bond donors (Lipinski definition) is 4. The Hall–Kier alpha value is -4.82. The molecular formula is C45H61N7O6. The van der Waals surface area contributed by atoms with Crippen LogP contribution in [0.4, 0.5) is 0 Å². The molecule has 6 rings (SSSR count). The van der Waals surface area contributed by atoms with E-state index in [9.17, 15) is 14.7 Å². The number of carbonyl (C=O) groups excluding carboxylic acids is 2. The number of rotatable bonds is 19. The van der Waals surface area contributed by atoms with Gasteiger partial charge in [-0.3, -0.25) is 14.9 Å². The van der Waals surface area contributed by atoms with Crippen LogP contribution in [0.25, 0.3) is 44.2 Å². The van der Waals surface area contributed by atoms with Crippen molar-refractivity contribution in [2.45, 2.75) is 130 Å². The number of carbonyl (C=O) groups is 2. The molecule has 0 saturated carbocycles. The highest BCUT2D eigenvalue weighted by atomic mass is 16.6. The van der Waals surface area contributed by atoms with Gasteiger partial charge in [-0.2, -0.15) is 0 Å². The van der Waals surface area contributed by atoms with E-state index in [1.165, 1.54) is 7.11 Å². The fourth-order valence-corrected chi connectivity index (χ4v) is 8.45. The van der Waals surface area contributed by atoms with Gasteiger partial charge in [-0.05, 0) is 92.3 Å². The zero-order chi connectivity index (χ0) is 41.7. The fraction of sp³-hybridized carbons (Fsp3) is 0.511. The van der Waals surface area contributed by atoms with Crippen LogP contribution in [0, 0.1) is 0 Å². The third kappa shape index (κ3) is 8.49. The molecule has 0 bridgehead atoms. The summed E-state index contributed by atoms with van der Waals surface area (Å²) in [5.41, 5.74) is 6.75. The Labute approximate surface area is 341 Å². The summed E-state index contributed by atoms with van der Waals surface area (Å²) in [5.74, 6) is 2.21. The number of aromatic amines is 2. The largest absolute Gasteiger partial charge is 0.488 e. The molecule has 13 heteroatoms. The smallest absolute Gasteiger partial charge is 0.240 e. The van der Waals surface area contributed by atoms with Crippen LogP contribution in [0.2, 0.25) is 0 Å². The highest BCUT2D eigenvalue weighted by Crippen LogP contribution is 2.43. The fourth-order valence-electron chi connectivity index (χ4n) is 8.45. The quantitative estimate of drug-likeness (QED) is 0.0606. The number of hydrogen-bond acceptors (Lipinski definition) is 9. The maximum Gasteiger partial charge on any atom is 0.240 e. The van der Waals surface area contributed by atoms with Crippen LogP contribution in [0.15, 0.2) is 48.7 Å². The number of benzene rings is 3. The van der Waals surface area contributed by atoms with Gasteiger partial charge in [0.25, 0.3) is 0 Å². The molecular weight excluding hydrogens is 735 g/mol. The number of H-pyrrole nitrogens is 2. The van der Waals surface area contributed by atoms with Crippen molar-refractivity contribution in [3.63, 3.8) is 0 Å². The molecule has 0 spiro atoms. The summed E-state index contributed by atoms with van der Waals surface area (Å²) in [6, 6.07) is 13.4. The van der Waals surface area contributed by atoms with Gasteiger partial charge >= 0.3 is 0 Å². The second-order valence-corrected chi connectivity index (χ2v) is 15.3. The first-order valence-corrected chi connectivity index (χ1v) is 20.9. The molecule has 58 heavy (non-hydrogen) atoms. The van der Waals surface area contributed by atoms with Crippen LogP contribution in [0.3, 0.4) is 0 Å². The molecule has 0 saturated heterocycles. The molecule has 3 aromatic carbocycles. The van der Waals surface area contributed by atoms with Gasteiger partial charge in [0.05, 0.1) is 53.7 Å². The first-order chi connectivity index (χ1) is 28.0. The van der Waals surface area contributed by atoms with E-state index in [4.69, 9.17) is 24.2 Å². The lowest BCUT2D eigenvalue weighted by atomic mass is 9.92. The van der Waals surface area contributed by atoms with E-state index in [-0.39, 0.29) is 29.9 Å². The zero-order valence-corrected chi connectivity index (χ0v) is 35.5. The van der Waals surface area contributed by atoms with E-state index >= 15 is 0 Å². The first-order valence-electron chi connectivity index (χ1n) is 20.9. The van der Waals surface area contributed by atoms with Crippen LogP contribution < -0.4 is 10.1 Å². The Bertz CT molecular complexity index is 2190. The van der Waals surface area contributed by atoms with Crippen molar-refractivity contribution in [3.8, 4) is 28.1 Å². The lowest BCUT2D eigenvalue weighted by Crippen LogP contribution is -2.54. The minimum Gasteiger partial charge on any atom is -0.488 e. The lowest BCUT2D eigenvalue weighted by molar-refractivity contribution is -0.148. The van der Waals surface area contributed by atoms with Crippen molar-refractivity contribution in [1.29, 1.82) is 0 Å². The van der Waals surface area contributed by atoms with E-state index in [1.54, 1.807) is 7.11 Å². The highest BCUT2D eigenvalue weighted by Gasteiger charge is 2.35. The number of aliphatic hydroxyl groups excluding tert-OH is 1. The monoisotopic (exact) mass is 795 g/mol. The van der Waals surface area contributed by atoms with Gasteiger partial charge in [-0.1, -0.05) is 52.8 Å². The molecule has 0 aliphatic carbocycles. The molecule has 5 aromatic rings. The number of fused-ring (bicyclic) bond motifs is 6. The molecule has 312 valence electrons. The molecule has 1 aliphatic heterocycles. The lowest BCUT2D eigenvalue weighted by Gasteiger charge is -2.37. The summed E-state index contributed by atoms with van der Waals surface area (Å²) in [5, 5.41) is 15.0. The zero-order valence-electron chi connectivity index (χ0n) is 35.5. The predicted molar refractivity (Wildman–Crippen MR) is 227 cm³/mol. The summed E-state index contributed by atoms with van der Waals surface area (Å²) in [6.45, 7) is 15.0. The Morgan fingerprint density at radius 3 is 2.31 bits per heavy atom. The van der Waals surface area contributed by atoms with E-state index < -0.39 is 18.5 Å². The third-order valence-corrected chi connectivity index (χ3v) is 11.7. The predicted octanol–water partition coefficient (Wildman–Crippen LogP) is 8.15. The van der Waals surface area contributed by atoms with Gasteiger partial charge in [0.2, 0.25) is 18.2 Å². The maximum absolute atomic E-state index is 14.1. The number of methoxy groups -OCH3 is 2. The van der Waals surface area contributed by atoms with Gasteiger partial charge < -0.3 is 39.1 Å². The topological polar surface area (TPSA) is 158 Å². The Balaban J connectivity index is 1.30. The van der Waals surface area contributed by atoms with Crippen molar-refractivity contribution < 1.29 is 28.9 Å². The minimum atomic E-state index is -1.27. The molecule has 4 N–H and O–H groups in total. The molecule has 2 aromatic heterocycles. The molecule has 0 radical (unpaired) electrons. The number of ether oxygens (including phenoxy) is 3. The molecule has 3 heterocycles. The van der Waals surface area contributed by atoms with E-state index in [0.717, 1.165) is 80.6 Å². The maximum atomic E-state index is 14.1. The second-order valence-electron chi connectivity index (χ2n) is 15.3. The number of aromatic nitrogens is 4. The van der Waals surface area contributed by atoms with Crippen LogP contribution in [-0.2, 0) is 25.7 Å². The summed E-state index contributed by atoms with van der Waals surface area (Å²) in [4.78, 5) is 48.1. The molecule has 0 fully saturated rings. The van der Waals surface area contributed by atoms with E-state index in [1.807, 2.05) is 49.8 Å². The van der Waals surface area contributed by atoms with E-state index in [2.05, 4.69) is 72.5 Å². The van der Waals surface area contributed by atoms with Crippen molar-refractivity contribution in [2.24, 2.45) is 0 Å². The summed E-state index contributed by atoms with van der Waals surface area (Å²) in [6.07, 6.45) is 4.85. The van der Waals surface area contributed by atoms with Gasteiger partial charge in [-0.25, -0.2) is 9.97 Å². The average Bonchev–Trinajstić information content (AvgIpc) is 3.92. The van der Waals surface area contributed by atoms with Gasteiger partial charge in [0.1, 0.15) is 24.0 Å². The van der Waals surface area contributed by atoms with Crippen molar-refractivity contribution >= 4 is 33.6 Å². The van der Waals surface area contributed by atoms with Crippen LogP contribution in [-0.4, -0.2) is 92.0 Å². The van der Waals surface area contributed by atoms with Crippen LogP contribution in [0.1, 0.15) is 116 Å². The SMILES string of the molecule is CCCC(=O)N(C(CC)CC)[C@@H](C)c1ncc(-c2ccc3c(c2)COc2cc4c(ccc5[nH]c([C@H](C)N(C(=O)[C@H](CC)NC(O)OC)[C@H](CC)COC)nc54)cc2-3)[nH]1. The van der Waals surface area contributed by atoms with Gasteiger partial charge in [0, 0.05) is 37.6 Å². The Morgan fingerprint density at radius 1 is 0.897 bits per heavy atom. The summed E-state index contributed by atoms with van der Waals surface area (Å²) in [7, 11) is 3.01.